The van der Waals surface area contributed by atoms with E-state index >= 15 is 0 Å². The van der Waals surface area contributed by atoms with E-state index in [9.17, 15) is 0 Å². The van der Waals surface area contributed by atoms with Gasteiger partial charge in [0.2, 0.25) is 0 Å². The Balaban J connectivity index is 0.912. The first-order chi connectivity index (χ1) is 42.9. The van der Waals surface area contributed by atoms with Crippen LogP contribution in [0, 0.1) is 0 Å². The molecule has 4 aromatic heterocycles. The molecular formula is C82H74N4Si2. The smallest absolute Gasteiger partial charge is 0.0775 e. The average molecular weight is 1170 g/mol. The summed E-state index contributed by atoms with van der Waals surface area (Å²) in [6.07, 6.45) is 10.3. The maximum Gasteiger partial charge on any atom is 0.0775 e. The van der Waals surface area contributed by atoms with Gasteiger partial charge >= 0.3 is 0 Å². The van der Waals surface area contributed by atoms with Crippen molar-refractivity contribution in [3.05, 3.63) is 242 Å². The van der Waals surface area contributed by atoms with Gasteiger partial charge in [-0.15, -0.1) is 0 Å². The first-order valence-corrected chi connectivity index (χ1v) is 39.5. The number of anilines is 6. The average Bonchev–Trinajstić information content (AvgIpc) is 1.53. The Bertz CT molecular complexity index is 4840. The first kappa shape index (κ1) is 53.3. The molecule has 0 atom stereocenters. The molecule has 2 aliphatic carbocycles. The Labute approximate surface area is 518 Å². The predicted molar refractivity (Wildman–Crippen MR) is 384 cm³/mol. The number of nitrogens with zero attached hydrogens (tertiary/aromatic N) is 4. The summed E-state index contributed by atoms with van der Waals surface area (Å²) in [5.74, 6) is 1.19. The summed E-state index contributed by atoms with van der Waals surface area (Å²) >= 11 is 0. The van der Waals surface area contributed by atoms with Gasteiger partial charge in [0.05, 0.1) is 72.0 Å². The number of hydrogen-bond acceptors (Lipinski definition) is 2. The van der Waals surface area contributed by atoms with Crippen LogP contribution >= 0.6 is 0 Å². The summed E-state index contributed by atoms with van der Waals surface area (Å²) < 4.78 is 5.22. The van der Waals surface area contributed by atoms with Crippen LogP contribution < -0.4 is 20.2 Å². The predicted octanol–water partition coefficient (Wildman–Crippen LogP) is 22.7. The van der Waals surface area contributed by atoms with Crippen LogP contribution in [0.15, 0.2) is 231 Å². The zero-order chi connectivity index (χ0) is 59.2. The topological polar surface area (TPSA) is 15.3 Å². The molecule has 430 valence electrons. The van der Waals surface area contributed by atoms with Crippen molar-refractivity contribution in [2.45, 2.75) is 102 Å². The monoisotopic (exact) mass is 1170 g/mol. The second kappa shape index (κ2) is 20.3. The molecular weight excluding hydrogens is 1100 g/mol. The van der Waals surface area contributed by atoms with E-state index in [4.69, 9.17) is 0 Å². The lowest BCUT2D eigenvalue weighted by atomic mass is 9.92. The summed E-state index contributed by atoms with van der Waals surface area (Å²) in [5, 5.41) is 13.1. The SMILES string of the molecule is C[Si](C)(C)c1ccc(N(c2ccc(C3CCCC3)cc2-c2ccccc2)c2ccc3c4cc5c(cc4n4c6ccccc6c2c34)c2ccc(N(c3ccc([Si](C)(C)C)cc3)c3ccc(C4CCCC4)cc3-c3ccccc3)c3c4ccccc4n5c23)cc1. The molecule has 0 unspecified atom stereocenters. The highest BCUT2D eigenvalue weighted by Gasteiger charge is 2.31. The van der Waals surface area contributed by atoms with Gasteiger partial charge in [0.1, 0.15) is 0 Å². The maximum absolute atomic E-state index is 2.61. The fourth-order valence-corrected chi connectivity index (χ4v) is 18.4. The first-order valence-electron chi connectivity index (χ1n) is 32.5. The van der Waals surface area contributed by atoms with Crippen LogP contribution in [0.25, 0.3) is 98.4 Å². The lowest BCUT2D eigenvalue weighted by molar-refractivity contribution is 0.723. The highest BCUT2D eigenvalue weighted by molar-refractivity contribution is 6.89. The van der Waals surface area contributed by atoms with Crippen LogP contribution in [0.5, 0.6) is 0 Å². The van der Waals surface area contributed by atoms with Crippen molar-refractivity contribution in [1.82, 2.24) is 8.80 Å². The van der Waals surface area contributed by atoms with Gasteiger partial charge in [0.15, 0.2) is 0 Å². The maximum atomic E-state index is 2.61. The van der Waals surface area contributed by atoms with E-state index in [1.807, 2.05) is 0 Å². The minimum Gasteiger partial charge on any atom is -0.309 e. The Morgan fingerprint density at radius 2 is 0.682 bits per heavy atom. The Hall–Kier alpha value is -8.95. The summed E-state index contributed by atoms with van der Waals surface area (Å²) in [7, 11) is -3.18. The number of rotatable bonds is 12. The van der Waals surface area contributed by atoms with Gasteiger partial charge in [0.25, 0.3) is 0 Å². The third-order valence-corrected chi connectivity index (χ3v) is 24.7. The van der Waals surface area contributed by atoms with Crippen LogP contribution in [0.2, 0.25) is 39.3 Å². The molecule has 0 N–H and O–H groups in total. The minimum absolute atomic E-state index is 0.595. The largest absolute Gasteiger partial charge is 0.309 e. The summed E-state index contributed by atoms with van der Waals surface area (Å²) in [5.41, 5.74) is 22.6. The second-order valence-corrected chi connectivity index (χ2v) is 38.0. The minimum atomic E-state index is -1.59. The molecule has 6 heteroatoms. The van der Waals surface area contributed by atoms with Gasteiger partial charge in [-0.1, -0.05) is 221 Å². The van der Waals surface area contributed by atoms with Gasteiger partial charge < -0.3 is 18.6 Å². The molecule has 0 amide bonds. The van der Waals surface area contributed by atoms with Crippen molar-refractivity contribution in [3.8, 4) is 22.3 Å². The number of para-hydroxylation sites is 2. The van der Waals surface area contributed by atoms with Gasteiger partial charge in [-0.2, -0.15) is 0 Å². The van der Waals surface area contributed by atoms with Crippen molar-refractivity contribution in [3.63, 3.8) is 0 Å². The van der Waals surface area contributed by atoms with E-state index in [2.05, 4.69) is 288 Å². The molecule has 0 radical (unpaired) electrons. The molecule has 0 saturated heterocycles. The quantitative estimate of drug-likeness (QED) is 0.113. The zero-order valence-corrected chi connectivity index (χ0v) is 53.5. The Morgan fingerprint density at radius 1 is 0.318 bits per heavy atom. The standard InChI is InChI=1S/C82H74N4Si2/c1-87(2,3)61-39-35-59(36-40-61)83(73-45-33-57(53-21-13-14-22-53)49-67(73)55-25-9-7-10-26-55)75-47-43-63-69-51-78-70(52-77(69)85-71-31-19-17-29-65(71)79(75)81(63)85)64-44-48-76(80-66-30-18-20-32-72(66)86(78)82(64)80)84(60-37-41-62(42-38-60)88(4,5)6)74-46-34-58(54-23-15-16-24-54)50-68(74)56-27-11-8-12-28-56/h7-12,17-20,25-54H,13-16,21-24H2,1-6H3. The summed E-state index contributed by atoms with van der Waals surface area (Å²) in [6.45, 7) is 14.7. The van der Waals surface area contributed by atoms with Gasteiger partial charge in [-0.05, 0) is 145 Å². The van der Waals surface area contributed by atoms with E-state index in [0.717, 1.165) is 0 Å². The Kier molecular flexibility index (Phi) is 12.3. The third-order valence-electron chi connectivity index (χ3n) is 20.6. The molecule has 2 fully saturated rings. The van der Waals surface area contributed by atoms with Crippen LogP contribution in [0.3, 0.4) is 0 Å². The zero-order valence-electron chi connectivity index (χ0n) is 51.5. The lowest BCUT2D eigenvalue weighted by Crippen LogP contribution is -2.37. The molecule has 0 bridgehead atoms. The van der Waals surface area contributed by atoms with E-state index in [1.165, 1.54) is 205 Å². The molecule has 0 aliphatic heterocycles. The second-order valence-electron chi connectivity index (χ2n) is 27.8. The van der Waals surface area contributed by atoms with Crippen molar-refractivity contribution in [1.29, 1.82) is 0 Å². The highest BCUT2D eigenvalue weighted by atomic mass is 28.3. The normalized spacial score (nSPS) is 14.7. The van der Waals surface area contributed by atoms with Crippen molar-refractivity contribution >= 4 is 137 Å². The van der Waals surface area contributed by atoms with Crippen LogP contribution in [0.4, 0.5) is 34.1 Å². The number of hydrogen-bond donors (Lipinski definition) is 0. The fraction of sp³-hybridized carbons (Fsp3) is 0.195. The van der Waals surface area contributed by atoms with Gasteiger partial charge in [-0.25, -0.2) is 0 Å². The van der Waals surface area contributed by atoms with Crippen molar-refractivity contribution < 1.29 is 0 Å². The van der Waals surface area contributed by atoms with Crippen LogP contribution in [-0.2, 0) is 0 Å². The molecule has 2 aliphatic rings. The molecule has 4 nitrogen and oxygen atoms in total. The lowest BCUT2D eigenvalue weighted by Gasteiger charge is -2.30. The Morgan fingerprint density at radius 3 is 1.07 bits per heavy atom. The fourth-order valence-electron chi connectivity index (χ4n) is 16.1. The molecule has 11 aromatic carbocycles. The van der Waals surface area contributed by atoms with Crippen molar-refractivity contribution in [2.75, 3.05) is 9.80 Å². The molecule has 2 saturated carbocycles. The molecule has 0 spiro atoms. The number of fused-ring (bicyclic) bond motifs is 12. The number of aromatic nitrogens is 2. The van der Waals surface area contributed by atoms with Gasteiger partial charge in [0, 0.05) is 65.6 Å². The summed E-state index contributed by atoms with van der Waals surface area (Å²) in [4.78, 5) is 5.20. The molecule has 88 heavy (non-hydrogen) atoms. The van der Waals surface area contributed by atoms with E-state index in [-0.39, 0.29) is 0 Å². The molecule has 17 rings (SSSR count). The van der Waals surface area contributed by atoms with E-state index < -0.39 is 16.1 Å². The van der Waals surface area contributed by atoms with Gasteiger partial charge in [-0.3, -0.25) is 0 Å². The highest BCUT2D eigenvalue weighted by Crippen LogP contribution is 2.54. The third kappa shape index (κ3) is 8.35. The summed E-state index contributed by atoms with van der Waals surface area (Å²) in [6, 6.07) is 89.6. The molecule has 4 heterocycles. The van der Waals surface area contributed by atoms with Crippen LogP contribution in [0.1, 0.15) is 74.3 Å². The van der Waals surface area contributed by atoms with E-state index in [0.29, 0.717) is 11.8 Å². The number of benzene rings is 11. The van der Waals surface area contributed by atoms with Crippen LogP contribution in [-0.4, -0.2) is 24.9 Å². The van der Waals surface area contributed by atoms with E-state index in [1.54, 1.807) is 0 Å². The molecule has 15 aromatic rings. The van der Waals surface area contributed by atoms with Crippen molar-refractivity contribution in [2.24, 2.45) is 0 Å².